The fraction of sp³-hybridized carbons (Fsp3) is 0.529. The van der Waals surface area contributed by atoms with Crippen molar-refractivity contribution in [1.29, 1.82) is 0 Å². The molecule has 1 N–H and O–H groups in total. The summed E-state index contributed by atoms with van der Waals surface area (Å²) in [7, 11) is 1.62. The molecule has 5 heteroatoms. The average Bonchev–Trinajstić information content (AvgIpc) is 2.89. The van der Waals surface area contributed by atoms with Crippen LogP contribution in [0.3, 0.4) is 0 Å². The number of amides is 2. The maximum Gasteiger partial charge on any atom is 0.225 e. The predicted octanol–water partition coefficient (Wildman–Crippen LogP) is 1.96. The maximum absolute atomic E-state index is 12.2. The molecule has 1 aliphatic rings. The number of para-hydroxylation sites is 1. The van der Waals surface area contributed by atoms with Crippen molar-refractivity contribution in [3.63, 3.8) is 0 Å². The number of ether oxygens (including phenoxy) is 1. The molecule has 1 aromatic rings. The normalized spacial score (nSPS) is 19.1. The Morgan fingerprint density at radius 1 is 1.45 bits per heavy atom. The SMILES string of the molecule is CCC(C)NC(=O)C1CC(=O)N(Cc2ccccc2OC)C1. The van der Waals surface area contributed by atoms with Gasteiger partial charge < -0.3 is 15.0 Å². The second kappa shape index (κ2) is 7.29. The Hall–Kier alpha value is -2.04. The minimum absolute atomic E-state index is 0.0229. The van der Waals surface area contributed by atoms with E-state index >= 15 is 0 Å². The number of methoxy groups -OCH3 is 1. The van der Waals surface area contributed by atoms with Crippen LogP contribution in [0.15, 0.2) is 24.3 Å². The Morgan fingerprint density at radius 3 is 2.86 bits per heavy atom. The van der Waals surface area contributed by atoms with Gasteiger partial charge in [-0.15, -0.1) is 0 Å². The Bertz CT molecular complexity index is 544. The summed E-state index contributed by atoms with van der Waals surface area (Å²) >= 11 is 0. The monoisotopic (exact) mass is 304 g/mol. The van der Waals surface area contributed by atoms with Crippen molar-refractivity contribution in [2.75, 3.05) is 13.7 Å². The van der Waals surface area contributed by atoms with Crippen molar-refractivity contribution in [2.45, 2.75) is 39.3 Å². The minimum atomic E-state index is -0.254. The van der Waals surface area contributed by atoms with Crippen LogP contribution in [0.5, 0.6) is 5.75 Å². The topological polar surface area (TPSA) is 58.6 Å². The predicted molar refractivity (Wildman–Crippen MR) is 84.4 cm³/mol. The lowest BCUT2D eigenvalue weighted by Gasteiger charge is -2.19. The summed E-state index contributed by atoms with van der Waals surface area (Å²) in [6, 6.07) is 7.79. The van der Waals surface area contributed by atoms with Crippen LogP contribution in [0.1, 0.15) is 32.3 Å². The molecule has 22 heavy (non-hydrogen) atoms. The second-order valence-electron chi connectivity index (χ2n) is 5.81. The molecule has 0 aliphatic carbocycles. The molecule has 0 bridgehead atoms. The number of hydrogen-bond acceptors (Lipinski definition) is 3. The zero-order valence-corrected chi connectivity index (χ0v) is 13.5. The Labute approximate surface area is 131 Å². The van der Waals surface area contributed by atoms with Crippen molar-refractivity contribution in [3.8, 4) is 5.75 Å². The molecule has 2 unspecified atom stereocenters. The third-order valence-corrected chi connectivity index (χ3v) is 4.14. The summed E-state index contributed by atoms with van der Waals surface area (Å²) in [6.45, 7) is 4.95. The molecular formula is C17H24N2O3. The first-order valence-corrected chi connectivity index (χ1v) is 7.75. The first kappa shape index (κ1) is 16.3. The molecule has 2 rings (SSSR count). The molecule has 1 fully saturated rings. The number of nitrogens with zero attached hydrogens (tertiary/aromatic N) is 1. The van der Waals surface area contributed by atoms with E-state index in [4.69, 9.17) is 4.74 Å². The van der Waals surface area contributed by atoms with E-state index < -0.39 is 0 Å². The van der Waals surface area contributed by atoms with Gasteiger partial charge in [0.1, 0.15) is 5.75 Å². The molecule has 2 atom stereocenters. The van der Waals surface area contributed by atoms with Crippen LogP contribution in [0, 0.1) is 5.92 Å². The van der Waals surface area contributed by atoms with E-state index in [1.165, 1.54) is 0 Å². The summed E-state index contributed by atoms with van der Waals surface area (Å²) < 4.78 is 5.32. The van der Waals surface area contributed by atoms with E-state index in [1.54, 1.807) is 12.0 Å². The van der Waals surface area contributed by atoms with E-state index in [9.17, 15) is 9.59 Å². The summed E-state index contributed by atoms with van der Waals surface area (Å²) in [5.41, 5.74) is 0.960. The van der Waals surface area contributed by atoms with Gasteiger partial charge in [-0.2, -0.15) is 0 Å². The third kappa shape index (κ3) is 3.78. The van der Waals surface area contributed by atoms with Gasteiger partial charge in [0, 0.05) is 31.1 Å². The van der Waals surface area contributed by atoms with Crippen molar-refractivity contribution in [2.24, 2.45) is 5.92 Å². The smallest absolute Gasteiger partial charge is 0.225 e. The minimum Gasteiger partial charge on any atom is -0.496 e. The third-order valence-electron chi connectivity index (χ3n) is 4.14. The zero-order valence-electron chi connectivity index (χ0n) is 13.5. The molecule has 0 radical (unpaired) electrons. The quantitative estimate of drug-likeness (QED) is 0.874. The molecule has 5 nitrogen and oxygen atoms in total. The number of rotatable bonds is 6. The Kier molecular flexibility index (Phi) is 5.41. The summed E-state index contributed by atoms with van der Waals surface area (Å²) in [5.74, 6) is 0.513. The summed E-state index contributed by atoms with van der Waals surface area (Å²) in [4.78, 5) is 26.1. The van der Waals surface area contributed by atoms with Gasteiger partial charge in [-0.05, 0) is 19.4 Å². The molecule has 1 aliphatic heterocycles. The van der Waals surface area contributed by atoms with E-state index in [2.05, 4.69) is 5.32 Å². The summed E-state index contributed by atoms with van der Waals surface area (Å²) in [5, 5.41) is 2.96. The molecule has 0 saturated carbocycles. The molecule has 1 aromatic carbocycles. The molecule has 1 heterocycles. The first-order chi connectivity index (χ1) is 10.5. The van der Waals surface area contributed by atoms with Crippen molar-refractivity contribution < 1.29 is 14.3 Å². The van der Waals surface area contributed by atoms with E-state index in [1.807, 2.05) is 38.1 Å². The van der Waals surface area contributed by atoms with Crippen LogP contribution in [0.2, 0.25) is 0 Å². The highest BCUT2D eigenvalue weighted by Gasteiger charge is 2.34. The Balaban J connectivity index is 1.99. The highest BCUT2D eigenvalue weighted by Crippen LogP contribution is 2.24. The number of likely N-dealkylation sites (tertiary alicyclic amines) is 1. The highest BCUT2D eigenvalue weighted by molar-refractivity contribution is 5.89. The van der Waals surface area contributed by atoms with Gasteiger partial charge in [0.2, 0.25) is 11.8 Å². The van der Waals surface area contributed by atoms with Crippen LogP contribution in [0.4, 0.5) is 0 Å². The zero-order chi connectivity index (χ0) is 16.1. The fourth-order valence-corrected chi connectivity index (χ4v) is 2.60. The van der Waals surface area contributed by atoms with Crippen LogP contribution in [-0.2, 0) is 16.1 Å². The molecular weight excluding hydrogens is 280 g/mol. The van der Waals surface area contributed by atoms with Crippen LogP contribution in [-0.4, -0.2) is 36.4 Å². The number of carbonyl (C=O) groups is 2. The first-order valence-electron chi connectivity index (χ1n) is 7.75. The van der Waals surface area contributed by atoms with Gasteiger partial charge in [0.05, 0.1) is 13.0 Å². The highest BCUT2D eigenvalue weighted by atomic mass is 16.5. The van der Waals surface area contributed by atoms with Gasteiger partial charge in [-0.1, -0.05) is 25.1 Å². The number of nitrogens with one attached hydrogen (secondary N) is 1. The Morgan fingerprint density at radius 2 is 2.18 bits per heavy atom. The number of carbonyl (C=O) groups excluding carboxylic acids is 2. The van der Waals surface area contributed by atoms with E-state index in [0.29, 0.717) is 13.1 Å². The van der Waals surface area contributed by atoms with Crippen LogP contribution < -0.4 is 10.1 Å². The van der Waals surface area contributed by atoms with Crippen molar-refractivity contribution in [3.05, 3.63) is 29.8 Å². The van der Waals surface area contributed by atoms with Gasteiger partial charge in [0.25, 0.3) is 0 Å². The second-order valence-corrected chi connectivity index (χ2v) is 5.81. The van der Waals surface area contributed by atoms with Gasteiger partial charge >= 0.3 is 0 Å². The molecule has 0 spiro atoms. The lowest BCUT2D eigenvalue weighted by Crippen LogP contribution is -2.38. The molecule has 120 valence electrons. The van der Waals surface area contributed by atoms with E-state index in [-0.39, 0.29) is 30.2 Å². The van der Waals surface area contributed by atoms with Gasteiger partial charge in [-0.25, -0.2) is 0 Å². The average molecular weight is 304 g/mol. The molecule has 1 saturated heterocycles. The number of hydrogen-bond donors (Lipinski definition) is 1. The largest absolute Gasteiger partial charge is 0.496 e. The van der Waals surface area contributed by atoms with E-state index in [0.717, 1.165) is 17.7 Å². The van der Waals surface area contributed by atoms with Gasteiger partial charge in [-0.3, -0.25) is 9.59 Å². The van der Waals surface area contributed by atoms with Crippen LogP contribution >= 0.6 is 0 Å². The molecule has 0 aromatic heterocycles. The lowest BCUT2D eigenvalue weighted by atomic mass is 10.1. The maximum atomic E-state index is 12.2. The lowest BCUT2D eigenvalue weighted by molar-refractivity contribution is -0.129. The molecule has 2 amide bonds. The van der Waals surface area contributed by atoms with Crippen molar-refractivity contribution >= 4 is 11.8 Å². The van der Waals surface area contributed by atoms with Gasteiger partial charge in [0.15, 0.2) is 0 Å². The standard InChI is InChI=1S/C17H24N2O3/c1-4-12(2)18-17(21)14-9-16(20)19(11-14)10-13-7-5-6-8-15(13)22-3/h5-8,12,14H,4,9-11H2,1-3H3,(H,18,21). The van der Waals surface area contributed by atoms with Crippen LogP contribution in [0.25, 0.3) is 0 Å². The van der Waals surface area contributed by atoms with Crippen molar-refractivity contribution in [1.82, 2.24) is 10.2 Å². The number of benzene rings is 1. The fourth-order valence-electron chi connectivity index (χ4n) is 2.60. The summed E-state index contributed by atoms with van der Waals surface area (Å²) in [6.07, 6.45) is 1.18.